The lowest BCUT2D eigenvalue weighted by Crippen LogP contribution is -2.07. The highest BCUT2D eigenvalue weighted by molar-refractivity contribution is 6.32. The molecule has 0 heterocycles. The highest BCUT2D eigenvalue weighted by atomic mass is 35.5. The second-order valence-electron chi connectivity index (χ2n) is 3.80. The Bertz CT molecular complexity index is 392. The average Bonchev–Trinajstić information content (AvgIpc) is 2.13. The van der Waals surface area contributed by atoms with Gasteiger partial charge in [-0.2, -0.15) is 13.2 Å². The van der Waals surface area contributed by atoms with E-state index in [1.54, 1.807) is 6.08 Å². The molecule has 0 aliphatic carbocycles. The minimum absolute atomic E-state index is 0.0327. The molecular formula is C12H12ClF3. The number of benzene rings is 1. The van der Waals surface area contributed by atoms with Crippen LogP contribution in [0.5, 0.6) is 0 Å². The van der Waals surface area contributed by atoms with Crippen LogP contribution >= 0.6 is 11.6 Å². The normalized spacial score (nSPS) is 12.7. The van der Waals surface area contributed by atoms with Crippen LogP contribution in [-0.2, 0) is 6.18 Å². The molecule has 0 atom stereocenters. The summed E-state index contributed by atoms with van der Waals surface area (Å²) in [7, 11) is 0. The van der Waals surface area contributed by atoms with E-state index in [0.717, 1.165) is 6.07 Å². The van der Waals surface area contributed by atoms with Gasteiger partial charge < -0.3 is 0 Å². The Hall–Kier alpha value is -0.960. The lowest BCUT2D eigenvalue weighted by atomic mass is 10.0. The van der Waals surface area contributed by atoms with Crippen molar-refractivity contribution in [1.82, 2.24) is 0 Å². The molecule has 0 aliphatic heterocycles. The van der Waals surface area contributed by atoms with E-state index in [4.69, 9.17) is 11.6 Å². The Balaban J connectivity index is 3.25. The lowest BCUT2D eigenvalue weighted by molar-refractivity contribution is -0.137. The SMILES string of the molecule is CC(C)/C=C/c1c(Cl)cccc1C(F)(F)F. The first-order valence-corrected chi connectivity index (χ1v) is 5.24. The van der Waals surface area contributed by atoms with E-state index in [1.165, 1.54) is 18.2 Å². The molecule has 0 unspecified atom stereocenters. The van der Waals surface area contributed by atoms with Crippen LogP contribution < -0.4 is 0 Å². The third-order valence-electron chi connectivity index (χ3n) is 2.01. The fraction of sp³-hybridized carbons (Fsp3) is 0.333. The van der Waals surface area contributed by atoms with E-state index in [1.807, 2.05) is 13.8 Å². The molecule has 1 aromatic rings. The second kappa shape index (κ2) is 4.91. The monoisotopic (exact) mass is 248 g/mol. The van der Waals surface area contributed by atoms with Crippen LogP contribution in [0.25, 0.3) is 6.08 Å². The van der Waals surface area contributed by atoms with E-state index in [9.17, 15) is 13.2 Å². The van der Waals surface area contributed by atoms with E-state index in [0.29, 0.717) is 0 Å². The van der Waals surface area contributed by atoms with Gasteiger partial charge in [0.25, 0.3) is 0 Å². The second-order valence-corrected chi connectivity index (χ2v) is 4.21. The third-order valence-corrected chi connectivity index (χ3v) is 2.34. The van der Waals surface area contributed by atoms with Crippen molar-refractivity contribution >= 4 is 17.7 Å². The van der Waals surface area contributed by atoms with Crippen molar-refractivity contribution in [2.24, 2.45) is 5.92 Å². The lowest BCUT2D eigenvalue weighted by Gasteiger charge is -2.11. The van der Waals surface area contributed by atoms with Crippen LogP contribution in [0.4, 0.5) is 13.2 Å². The summed E-state index contributed by atoms with van der Waals surface area (Å²) >= 11 is 5.77. The van der Waals surface area contributed by atoms with Crippen molar-refractivity contribution in [1.29, 1.82) is 0 Å². The van der Waals surface area contributed by atoms with Crippen LogP contribution in [0.2, 0.25) is 5.02 Å². The maximum Gasteiger partial charge on any atom is 0.417 e. The van der Waals surface area contributed by atoms with Crippen molar-refractivity contribution in [2.45, 2.75) is 20.0 Å². The van der Waals surface area contributed by atoms with Gasteiger partial charge in [-0.1, -0.05) is 43.7 Å². The van der Waals surface area contributed by atoms with Gasteiger partial charge in [-0.3, -0.25) is 0 Å². The molecule has 0 spiro atoms. The molecule has 0 fully saturated rings. The number of rotatable bonds is 2. The van der Waals surface area contributed by atoms with Crippen LogP contribution in [0.15, 0.2) is 24.3 Å². The zero-order chi connectivity index (χ0) is 12.3. The zero-order valence-corrected chi connectivity index (χ0v) is 9.73. The van der Waals surface area contributed by atoms with Gasteiger partial charge in [0.15, 0.2) is 0 Å². The molecule has 4 heteroatoms. The van der Waals surface area contributed by atoms with Gasteiger partial charge in [0, 0.05) is 10.6 Å². The molecule has 0 nitrogen and oxygen atoms in total. The van der Waals surface area contributed by atoms with Crippen LogP contribution in [0.1, 0.15) is 25.0 Å². The quantitative estimate of drug-likeness (QED) is 0.689. The van der Waals surface area contributed by atoms with Crippen molar-refractivity contribution in [2.75, 3.05) is 0 Å². The van der Waals surface area contributed by atoms with Crippen molar-refractivity contribution in [3.63, 3.8) is 0 Å². The van der Waals surface area contributed by atoms with E-state index >= 15 is 0 Å². The number of allylic oxidation sites excluding steroid dienone is 1. The number of halogens is 4. The van der Waals surface area contributed by atoms with Crippen LogP contribution in [0.3, 0.4) is 0 Å². The average molecular weight is 249 g/mol. The van der Waals surface area contributed by atoms with Crippen molar-refractivity contribution in [3.05, 3.63) is 40.4 Å². The summed E-state index contributed by atoms with van der Waals surface area (Å²) in [5, 5.41) is 0.117. The van der Waals surface area contributed by atoms with Crippen LogP contribution in [0, 0.1) is 5.92 Å². The Morgan fingerprint density at radius 2 is 1.88 bits per heavy atom. The smallest absolute Gasteiger partial charge is 0.166 e. The van der Waals surface area contributed by atoms with Gasteiger partial charge in [-0.15, -0.1) is 0 Å². The molecule has 0 aliphatic rings. The summed E-state index contributed by atoms with van der Waals surface area (Å²) in [4.78, 5) is 0. The molecule has 0 saturated heterocycles. The Morgan fingerprint density at radius 1 is 1.25 bits per heavy atom. The van der Waals surface area contributed by atoms with Gasteiger partial charge in [-0.25, -0.2) is 0 Å². The number of hydrogen-bond donors (Lipinski definition) is 0. The van der Waals surface area contributed by atoms with E-state index in [-0.39, 0.29) is 16.5 Å². The highest BCUT2D eigenvalue weighted by Crippen LogP contribution is 2.35. The molecule has 0 aromatic heterocycles. The molecule has 1 rings (SSSR count). The number of hydrogen-bond acceptors (Lipinski definition) is 0. The summed E-state index contributed by atoms with van der Waals surface area (Å²) in [6.07, 6.45) is -1.26. The largest absolute Gasteiger partial charge is 0.417 e. The van der Waals surface area contributed by atoms with Crippen LogP contribution in [-0.4, -0.2) is 0 Å². The molecular weight excluding hydrogens is 237 g/mol. The van der Waals surface area contributed by atoms with Gasteiger partial charge in [0.1, 0.15) is 0 Å². The molecule has 1 aromatic carbocycles. The first kappa shape index (κ1) is 13.1. The number of alkyl halides is 3. The highest BCUT2D eigenvalue weighted by Gasteiger charge is 2.33. The summed E-state index contributed by atoms with van der Waals surface area (Å²) in [6.45, 7) is 3.78. The minimum atomic E-state index is -4.37. The summed E-state index contributed by atoms with van der Waals surface area (Å²) in [5.74, 6) is 0.178. The summed E-state index contributed by atoms with van der Waals surface area (Å²) in [5.41, 5.74) is -0.665. The van der Waals surface area contributed by atoms with E-state index < -0.39 is 11.7 Å². The van der Waals surface area contributed by atoms with Gasteiger partial charge in [-0.05, 0) is 18.1 Å². The standard InChI is InChI=1S/C12H12ClF3/c1-8(2)6-7-9-10(12(14,15)16)4-3-5-11(9)13/h3-8H,1-2H3/b7-6+. The van der Waals surface area contributed by atoms with E-state index in [2.05, 4.69) is 0 Å². The molecule has 88 valence electrons. The van der Waals surface area contributed by atoms with Gasteiger partial charge >= 0.3 is 6.18 Å². The third kappa shape index (κ3) is 3.27. The molecule has 0 N–H and O–H groups in total. The first-order chi connectivity index (χ1) is 7.32. The maximum absolute atomic E-state index is 12.7. The van der Waals surface area contributed by atoms with Gasteiger partial charge in [0.05, 0.1) is 5.56 Å². The molecule has 16 heavy (non-hydrogen) atoms. The Morgan fingerprint density at radius 3 is 2.38 bits per heavy atom. The Labute approximate surface area is 97.7 Å². The molecule has 0 amide bonds. The predicted octanol–water partition coefficient (Wildman–Crippen LogP) is 5.03. The van der Waals surface area contributed by atoms with Crippen molar-refractivity contribution in [3.8, 4) is 0 Å². The maximum atomic E-state index is 12.7. The minimum Gasteiger partial charge on any atom is -0.166 e. The fourth-order valence-corrected chi connectivity index (χ4v) is 1.48. The first-order valence-electron chi connectivity index (χ1n) is 4.86. The zero-order valence-electron chi connectivity index (χ0n) is 8.98. The Kier molecular flexibility index (Phi) is 4.03. The molecule has 0 bridgehead atoms. The fourth-order valence-electron chi connectivity index (χ4n) is 1.24. The summed E-state index contributed by atoms with van der Waals surface area (Å²) < 4.78 is 38.0. The van der Waals surface area contributed by atoms with Gasteiger partial charge in [0.2, 0.25) is 0 Å². The molecule has 0 radical (unpaired) electrons. The predicted molar refractivity (Wildman–Crippen MR) is 60.3 cm³/mol. The molecule has 0 saturated carbocycles. The topological polar surface area (TPSA) is 0 Å². The van der Waals surface area contributed by atoms with Crippen molar-refractivity contribution < 1.29 is 13.2 Å². The summed E-state index contributed by atoms with van der Waals surface area (Å²) in [6, 6.07) is 3.79.